The van der Waals surface area contributed by atoms with Crippen molar-refractivity contribution in [3.05, 3.63) is 35.4 Å². The van der Waals surface area contributed by atoms with E-state index in [1.54, 1.807) is 12.7 Å². The van der Waals surface area contributed by atoms with Crippen LogP contribution in [0.25, 0.3) is 0 Å². The van der Waals surface area contributed by atoms with Crippen molar-refractivity contribution in [3.8, 4) is 0 Å². The van der Waals surface area contributed by atoms with Gasteiger partial charge in [0, 0.05) is 25.6 Å². The second-order valence-electron chi connectivity index (χ2n) is 6.62. The lowest BCUT2D eigenvalue weighted by Gasteiger charge is -2.50. The first-order chi connectivity index (χ1) is 9.20. The molecule has 0 aliphatic heterocycles. The predicted molar refractivity (Wildman–Crippen MR) is 78.5 cm³/mol. The van der Waals surface area contributed by atoms with Gasteiger partial charge >= 0.3 is 0 Å². The topological polar surface area (TPSA) is 21.3 Å². The zero-order valence-corrected chi connectivity index (χ0v) is 12.2. The molecular weight excluding hydrogens is 234 g/mol. The molecule has 2 aliphatic carbocycles. The fraction of sp³-hybridized carbons (Fsp3) is 0.647. The molecule has 104 valence electrons. The zero-order valence-electron chi connectivity index (χ0n) is 12.2. The van der Waals surface area contributed by atoms with Gasteiger partial charge in [-0.05, 0) is 49.1 Å². The Morgan fingerprint density at radius 3 is 2.58 bits per heavy atom. The summed E-state index contributed by atoms with van der Waals surface area (Å²) >= 11 is 0. The van der Waals surface area contributed by atoms with Crippen molar-refractivity contribution in [2.24, 2.45) is 5.41 Å². The van der Waals surface area contributed by atoms with Crippen molar-refractivity contribution in [1.82, 2.24) is 5.32 Å². The zero-order chi connectivity index (χ0) is 13.3. The van der Waals surface area contributed by atoms with Crippen LogP contribution in [0.5, 0.6) is 0 Å². The van der Waals surface area contributed by atoms with Gasteiger partial charge in [-0.15, -0.1) is 0 Å². The average Bonchev–Trinajstić information content (AvgIpc) is 3.14. The Morgan fingerprint density at radius 1 is 1.21 bits per heavy atom. The molecule has 0 atom stereocenters. The molecular formula is C17H25NO. The number of nitrogens with one attached hydrogen (secondary N) is 1. The lowest BCUT2D eigenvalue weighted by atomic mass is 9.55. The Hall–Kier alpha value is -0.860. The van der Waals surface area contributed by atoms with Gasteiger partial charge in [-0.25, -0.2) is 0 Å². The van der Waals surface area contributed by atoms with Crippen molar-refractivity contribution in [3.63, 3.8) is 0 Å². The van der Waals surface area contributed by atoms with Crippen molar-refractivity contribution in [2.75, 3.05) is 26.8 Å². The molecule has 0 aromatic heterocycles. The highest BCUT2D eigenvalue weighted by molar-refractivity contribution is 5.39. The van der Waals surface area contributed by atoms with E-state index in [1.165, 1.54) is 31.2 Å². The monoisotopic (exact) mass is 259 g/mol. The standard InChI is InChI=1S/C17H25NO/c1-14-5-3-4-6-15(14)17(13-18-9-10-19-2)11-16(12-17)7-8-16/h3-6,18H,7-13H2,1-2H3. The smallest absolute Gasteiger partial charge is 0.0587 e. The van der Waals surface area contributed by atoms with Crippen LogP contribution in [0.1, 0.15) is 36.8 Å². The maximum atomic E-state index is 5.13. The van der Waals surface area contributed by atoms with Crippen molar-refractivity contribution >= 4 is 0 Å². The molecule has 0 heterocycles. The molecule has 1 aromatic rings. The number of benzene rings is 1. The van der Waals surface area contributed by atoms with Gasteiger partial charge in [0.05, 0.1) is 6.61 Å². The third-order valence-electron chi connectivity index (χ3n) is 5.05. The molecule has 2 saturated carbocycles. The number of hydrogen-bond donors (Lipinski definition) is 1. The van der Waals surface area contributed by atoms with Crippen molar-refractivity contribution in [1.29, 1.82) is 0 Å². The summed E-state index contributed by atoms with van der Waals surface area (Å²) in [6.45, 7) is 5.11. The van der Waals surface area contributed by atoms with Crippen molar-refractivity contribution < 1.29 is 4.74 Å². The molecule has 19 heavy (non-hydrogen) atoms. The van der Waals surface area contributed by atoms with Gasteiger partial charge in [0.2, 0.25) is 0 Å². The van der Waals surface area contributed by atoms with Crippen LogP contribution in [0.15, 0.2) is 24.3 Å². The van der Waals surface area contributed by atoms with Gasteiger partial charge in [-0.1, -0.05) is 24.3 Å². The average molecular weight is 259 g/mol. The second-order valence-corrected chi connectivity index (χ2v) is 6.62. The summed E-state index contributed by atoms with van der Waals surface area (Å²) in [7, 11) is 1.77. The molecule has 0 saturated heterocycles. The van der Waals surface area contributed by atoms with Crippen LogP contribution in [-0.4, -0.2) is 26.8 Å². The van der Waals surface area contributed by atoms with E-state index in [4.69, 9.17) is 4.74 Å². The molecule has 2 nitrogen and oxygen atoms in total. The van der Waals surface area contributed by atoms with E-state index < -0.39 is 0 Å². The quantitative estimate of drug-likeness (QED) is 0.793. The van der Waals surface area contributed by atoms with E-state index in [0.717, 1.165) is 25.1 Å². The minimum absolute atomic E-state index is 0.385. The van der Waals surface area contributed by atoms with E-state index in [2.05, 4.69) is 36.5 Å². The number of methoxy groups -OCH3 is 1. The van der Waals surface area contributed by atoms with Crippen LogP contribution < -0.4 is 5.32 Å². The molecule has 2 fully saturated rings. The summed E-state index contributed by atoms with van der Waals surface area (Å²) in [6.07, 6.45) is 5.67. The molecule has 0 unspecified atom stereocenters. The molecule has 2 aliphatic rings. The van der Waals surface area contributed by atoms with Gasteiger partial charge in [-0.3, -0.25) is 0 Å². The highest BCUT2D eigenvalue weighted by atomic mass is 16.5. The number of rotatable bonds is 6. The van der Waals surface area contributed by atoms with E-state index >= 15 is 0 Å². The second kappa shape index (κ2) is 4.92. The van der Waals surface area contributed by atoms with Gasteiger partial charge < -0.3 is 10.1 Å². The van der Waals surface area contributed by atoms with Crippen LogP contribution in [-0.2, 0) is 10.2 Å². The minimum Gasteiger partial charge on any atom is -0.383 e. The van der Waals surface area contributed by atoms with Gasteiger partial charge in [-0.2, -0.15) is 0 Å². The molecule has 1 aromatic carbocycles. The van der Waals surface area contributed by atoms with Gasteiger partial charge in [0.25, 0.3) is 0 Å². The number of hydrogen-bond acceptors (Lipinski definition) is 2. The Labute approximate surface area is 116 Å². The Balaban J connectivity index is 1.72. The summed E-state index contributed by atoms with van der Waals surface area (Å²) < 4.78 is 5.13. The number of aryl methyl sites for hydroxylation is 1. The predicted octanol–water partition coefficient (Wildman–Crippen LogP) is 3.04. The van der Waals surface area contributed by atoms with Crippen LogP contribution in [0.3, 0.4) is 0 Å². The molecule has 3 rings (SSSR count). The van der Waals surface area contributed by atoms with Crippen molar-refractivity contribution in [2.45, 2.75) is 38.0 Å². The SMILES string of the molecule is COCCNCC1(c2ccccc2C)CC2(CC2)C1. The Morgan fingerprint density at radius 2 is 1.95 bits per heavy atom. The van der Waals surface area contributed by atoms with Crippen LogP contribution in [0.2, 0.25) is 0 Å². The van der Waals surface area contributed by atoms with Gasteiger partial charge in [0.15, 0.2) is 0 Å². The maximum absolute atomic E-state index is 5.13. The summed E-state index contributed by atoms with van der Waals surface area (Å²) in [5.41, 5.74) is 4.13. The molecule has 0 bridgehead atoms. The first-order valence-corrected chi connectivity index (χ1v) is 7.46. The van der Waals surface area contributed by atoms with Gasteiger partial charge in [0.1, 0.15) is 0 Å². The van der Waals surface area contributed by atoms with E-state index in [9.17, 15) is 0 Å². The summed E-state index contributed by atoms with van der Waals surface area (Å²) in [5.74, 6) is 0. The fourth-order valence-electron chi connectivity index (χ4n) is 3.99. The third kappa shape index (κ3) is 2.44. The molecule has 0 amide bonds. The highest BCUT2D eigenvalue weighted by Gasteiger charge is 2.61. The first-order valence-electron chi connectivity index (χ1n) is 7.46. The molecule has 0 radical (unpaired) electrons. The third-order valence-corrected chi connectivity index (χ3v) is 5.05. The lowest BCUT2D eigenvalue weighted by molar-refractivity contribution is 0.111. The van der Waals surface area contributed by atoms with Crippen LogP contribution >= 0.6 is 0 Å². The van der Waals surface area contributed by atoms with E-state index in [-0.39, 0.29) is 0 Å². The minimum atomic E-state index is 0.385. The largest absolute Gasteiger partial charge is 0.383 e. The van der Waals surface area contributed by atoms with E-state index in [1.807, 2.05) is 0 Å². The summed E-state index contributed by atoms with van der Waals surface area (Å²) in [6, 6.07) is 8.93. The fourth-order valence-corrected chi connectivity index (χ4v) is 3.99. The summed E-state index contributed by atoms with van der Waals surface area (Å²) in [5, 5.41) is 3.60. The Kier molecular flexibility index (Phi) is 3.40. The maximum Gasteiger partial charge on any atom is 0.0587 e. The molecule has 2 heteroatoms. The normalized spacial score (nSPS) is 22.2. The Bertz CT molecular complexity index is 442. The highest BCUT2D eigenvalue weighted by Crippen LogP contribution is 2.68. The number of ether oxygens (including phenoxy) is 1. The molecule has 1 spiro atoms. The van der Waals surface area contributed by atoms with E-state index in [0.29, 0.717) is 5.41 Å². The molecule has 1 N–H and O–H groups in total. The first kappa shape index (κ1) is 13.1. The lowest BCUT2D eigenvalue weighted by Crippen LogP contribution is -2.50. The van der Waals surface area contributed by atoms with Crippen LogP contribution in [0, 0.1) is 12.3 Å². The van der Waals surface area contributed by atoms with Crippen LogP contribution in [0.4, 0.5) is 0 Å². The summed E-state index contributed by atoms with van der Waals surface area (Å²) in [4.78, 5) is 0.